The van der Waals surface area contributed by atoms with Gasteiger partial charge in [0.25, 0.3) is 0 Å². The van der Waals surface area contributed by atoms with Crippen molar-refractivity contribution in [3.63, 3.8) is 0 Å². The second kappa shape index (κ2) is 5.97. The fourth-order valence-electron chi connectivity index (χ4n) is 1.52. The molecule has 0 saturated heterocycles. The molecule has 0 unspecified atom stereocenters. The predicted molar refractivity (Wildman–Crippen MR) is 67.8 cm³/mol. The summed E-state index contributed by atoms with van der Waals surface area (Å²) in [5.41, 5.74) is 0.786. The summed E-state index contributed by atoms with van der Waals surface area (Å²) in [5.74, 6) is -0.538. The zero-order valence-corrected chi connectivity index (χ0v) is 11.3. The van der Waals surface area contributed by atoms with E-state index in [2.05, 4.69) is 0 Å². The second-order valence-corrected chi connectivity index (χ2v) is 5.39. The van der Waals surface area contributed by atoms with Gasteiger partial charge >= 0.3 is 5.97 Å². The number of esters is 1. The molecule has 6 heteroatoms. The SMILES string of the molecule is CCCOC(=O)c1ccc(CC)c(S(N)(=O)=O)c1. The van der Waals surface area contributed by atoms with E-state index in [9.17, 15) is 13.2 Å². The molecule has 0 atom stereocenters. The largest absolute Gasteiger partial charge is 0.462 e. The minimum absolute atomic E-state index is 0.0176. The molecular weight excluding hydrogens is 254 g/mol. The van der Waals surface area contributed by atoms with E-state index in [1.165, 1.54) is 6.07 Å². The molecule has 1 aromatic carbocycles. The van der Waals surface area contributed by atoms with Gasteiger partial charge in [0.05, 0.1) is 17.1 Å². The minimum atomic E-state index is -3.83. The first-order valence-corrected chi connectivity index (χ1v) is 7.27. The monoisotopic (exact) mass is 271 g/mol. The summed E-state index contributed by atoms with van der Waals surface area (Å²) in [4.78, 5) is 11.6. The molecule has 0 bridgehead atoms. The minimum Gasteiger partial charge on any atom is -0.462 e. The van der Waals surface area contributed by atoms with Crippen molar-refractivity contribution in [2.75, 3.05) is 6.61 Å². The molecule has 0 radical (unpaired) electrons. The highest BCUT2D eigenvalue weighted by molar-refractivity contribution is 7.89. The standard InChI is InChI=1S/C12H17NO4S/c1-3-7-17-12(14)10-6-5-9(4-2)11(8-10)18(13,15)16/h5-6,8H,3-4,7H2,1-2H3,(H2,13,15,16). The first kappa shape index (κ1) is 14.7. The maximum absolute atomic E-state index is 11.6. The van der Waals surface area contributed by atoms with Gasteiger partial charge in [0, 0.05) is 0 Å². The number of ether oxygens (including phenoxy) is 1. The molecular formula is C12H17NO4S. The number of benzene rings is 1. The van der Waals surface area contributed by atoms with Crippen LogP contribution in [0.1, 0.15) is 36.2 Å². The molecule has 5 nitrogen and oxygen atoms in total. The van der Waals surface area contributed by atoms with Gasteiger partial charge in [-0.3, -0.25) is 0 Å². The van der Waals surface area contributed by atoms with E-state index >= 15 is 0 Å². The third-order valence-electron chi connectivity index (χ3n) is 2.43. The van der Waals surface area contributed by atoms with Crippen molar-refractivity contribution in [1.82, 2.24) is 0 Å². The van der Waals surface area contributed by atoms with Gasteiger partial charge in [-0.2, -0.15) is 0 Å². The Morgan fingerprint density at radius 2 is 2.00 bits per heavy atom. The summed E-state index contributed by atoms with van der Waals surface area (Å²) in [6, 6.07) is 4.40. The summed E-state index contributed by atoms with van der Waals surface area (Å²) in [6.45, 7) is 4.00. The Morgan fingerprint density at radius 3 is 2.50 bits per heavy atom. The summed E-state index contributed by atoms with van der Waals surface area (Å²) in [6.07, 6.45) is 1.23. The quantitative estimate of drug-likeness (QED) is 0.821. The van der Waals surface area contributed by atoms with Crippen LogP contribution in [-0.2, 0) is 21.2 Å². The highest BCUT2D eigenvalue weighted by Crippen LogP contribution is 2.18. The lowest BCUT2D eigenvalue weighted by Crippen LogP contribution is -2.16. The van der Waals surface area contributed by atoms with Gasteiger partial charge in [0.1, 0.15) is 0 Å². The lowest BCUT2D eigenvalue weighted by molar-refractivity contribution is 0.0505. The molecule has 100 valence electrons. The molecule has 0 amide bonds. The zero-order valence-electron chi connectivity index (χ0n) is 10.5. The summed E-state index contributed by atoms with van der Waals surface area (Å²) < 4.78 is 27.8. The number of sulfonamides is 1. The Hall–Kier alpha value is -1.40. The normalized spacial score (nSPS) is 11.3. The van der Waals surface area contributed by atoms with Crippen LogP contribution in [0.25, 0.3) is 0 Å². The maximum Gasteiger partial charge on any atom is 0.338 e. The van der Waals surface area contributed by atoms with Crippen molar-refractivity contribution in [3.05, 3.63) is 29.3 Å². The van der Waals surface area contributed by atoms with E-state index in [4.69, 9.17) is 9.88 Å². The van der Waals surface area contributed by atoms with Crippen LogP contribution < -0.4 is 5.14 Å². The van der Waals surface area contributed by atoms with Crippen molar-refractivity contribution < 1.29 is 17.9 Å². The topological polar surface area (TPSA) is 86.5 Å². The van der Waals surface area contributed by atoms with Crippen LogP contribution in [0.5, 0.6) is 0 Å². The number of nitrogens with two attached hydrogens (primary N) is 1. The first-order valence-electron chi connectivity index (χ1n) is 5.73. The van der Waals surface area contributed by atoms with Crippen molar-refractivity contribution in [2.24, 2.45) is 5.14 Å². The van der Waals surface area contributed by atoms with Crippen LogP contribution >= 0.6 is 0 Å². The Balaban J connectivity index is 3.15. The molecule has 0 aliphatic heterocycles. The molecule has 2 N–H and O–H groups in total. The van der Waals surface area contributed by atoms with Crippen LogP contribution in [0.3, 0.4) is 0 Å². The van der Waals surface area contributed by atoms with Crippen LogP contribution in [0.2, 0.25) is 0 Å². The van der Waals surface area contributed by atoms with Gasteiger partial charge in [-0.1, -0.05) is 19.9 Å². The van der Waals surface area contributed by atoms with E-state index < -0.39 is 16.0 Å². The highest BCUT2D eigenvalue weighted by Gasteiger charge is 2.16. The highest BCUT2D eigenvalue weighted by atomic mass is 32.2. The zero-order chi connectivity index (χ0) is 13.8. The fraction of sp³-hybridized carbons (Fsp3) is 0.417. The Labute approximate surface area is 107 Å². The number of hydrogen-bond acceptors (Lipinski definition) is 4. The van der Waals surface area contributed by atoms with Gasteiger partial charge in [0.2, 0.25) is 10.0 Å². The molecule has 0 spiro atoms. The van der Waals surface area contributed by atoms with Crippen molar-refractivity contribution >= 4 is 16.0 Å². The van der Waals surface area contributed by atoms with Gasteiger partial charge < -0.3 is 4.74 Å². The van der Waals surface area contributed by atoms with E-state index in [0.717, 1.165) is 0 Å². The lowest BCUT2D eigenvalue weighted by Gasteiger charge is -2.08. The van der Waals surface area contributed by atoms with Crippen molar-refractivity contribution in [3.8, 4) is 0 Å². The number of primary sulfonamides is 1. The van der Waals surface area contributed by atoms with Crippen LogP contribution in [-0.4, -0.2) is 21.0 Å². The van der Waals surface area contributed by atoms with E-state index in [0.29, 0.717) is 25.0 Å². The molecule has 1 rings (SSSR count). The number of aryl methyl sites for hydroxylation is 1. The molecule has 0 aromatic heterocycles. The third kappa shape index (κ3) is 3.54. The fourth-order valence-corrected chi connectivity index (χ4v) is 2.39. The Kier molecular flexibility index (Phi) is 4.86. The summed E-state index contributed by atoms with van der Waals surface area (Å²) >= 11 is 0. The first-order chi connectivity index (χ1) is 8.40. The average Bonchev–Trinajstić information content (AvgIpc) is 2.34. The molecule has 0 aliphatic rings. The van der Waals surface area contributed by atoms with Crippen molar-refractivity contribution in [1.29, 1.82) is 0 Å². The molecule has 0 saturated carbocycles. The van der Waals surface area contributed by atoms with Gasteiger partial charge in [-0.25, -0.2) is 18.4 Å². The number of carbonyl (C=O) groups is 1. The number of hydrogen-bond donors (Lipinski definition) is 1. The maximum atomic E-state index is 11.6. The molecule has 0 fully saturated rings. The van der Waals surface area contributed by atoms with Crippen LogP contribution in [0.4, 0.5) is 0 Å². The Morgan fingerprint density at radius 1 is 1.33 bits per heavy atom. The summed E-state index contributed by atoms with van der Waals surface area (Å²) in [5, 5.41) is 5.12. The van der Waals surface area contributed by atoms with Crippen LogP contribution in [0.15, 0.2) is 23.1 Å². The summed E-state index contributed by atoms with van der Waals surface area (Å²) in [7, 11) is -3.83. The predicted octanol–water partition coefficient (Wildman–Crippen LogP) is 1.46. The number of rotatable bonds is 5. The molecule has 18 heavy (non-hydrogen) atoms. The molecule has 0 heterocycles. The van der Waals surface area contributed by atoms with E-state index in [-0.39, 0.29) is 10.5 Å². The van der Waals surface area contributed by atoms with Gasteiger partial charge in [-0.05, 0) is 30.5 Å². The van der Waals surface area contributed by atoms with Gasteiger partial charge in [0.15, 0.2) is 0 Å². The smallest absolute Gasteiger partial charge is 0.338 e. The van der Waals surface area contributed by atoms with Crippen molar-refractivity contribution in [2.45, 2.75) is 31.6 Å². The average molecular weight is 271 g/mol. The van der Waals surface area contributed by atoms with Gasteiger partial charge in [-0.15, -0.1) is 0 Å². The molecule has 0 aliphatic carbocycles. The third-order valence-corrected chi connectivity index (χ3v) is 3.42. The van der Waals surface area contributed by atoms with Crippen LogP contribution in [0, 0.1) is 0 Å². The Bertz CT molecular complexity index is 537. The molecule has 1 aromatic rings. The number of carbonyl (C=O) groups excluding carboxylic acids is 1. The second-order valence-electron chi connectivity index (χ2n) is 3.86. The van der Waals surface area contributed by atoms with E-state index in [1.807, 2.05) is 13.8 Å². The van der Waals surface area contributed by atoms with E-state index in [1.54, 1.807) is 12.1 Å². The lowest BCUT2D eigenvalue weighted by atomic mass is 10.1.